The Morgan fingerprint density at radius 1 is 1.32 bits per heavy atom. The van der Waals surface area contributed by atoms with Crippen LogP contribution in [-0.2, 0) is 0 Å². The molecular weight excluding hydrogens is 304 g/mol. The molecule has 0 saturated heterocycles. The van der Waals surface area contributed by atoms with E-state index in [1.54, 1.807) is 6.20 Å². The van der Waals surface area contributed by atoms with Crippen LogP contribution in [0.25, 0.3) is 10.9 Å². The number of benzene rings is 1. The van der Waals surface area contributed by atoms with Gasteiger partial charge in [-0.05, 0) is 18.1 Å². The lowest BCUT2D eigenvalue weighted by Gasteiger charge is -2.14. The summed E-state index contributed by atoms with van der Waals surface area (Å²) in [6, 6.07) is 9.48. The minimum Gasteiger partial charge on any atom is -0.351 e. The average molecular weight is 321 g/mol. The summed E-state index contributed by atoms with van der Waals surface area (Å²) in [6.07, 6.45) is 1.71. The quantitative estimate of drug-likeness (QED) is 0.877. The Hall–Kier alpha value is -1.42. The molecule has 0 aliphatic rings. The first-order valence-corrected chi connectivity index (χ1v) is 7.27. The number of amides is 1. The zero-order valence-corrected chi connectivity index (χ0v) is 12.6. The fourth-order valence-electron chi connectivity index (χ4n) is 1.81. The summed E-state index contributed by atoms with van der Waals surface area (Å²) in [5, 5.41) is 3.93. The number of carbonyl (C=O) groups is 1. The van der Waals surface area contributed by atoms with Gasteiger partial charge in [0.05, 0.1) is 11.1 Å². The van der Waals surface area contributed by atoms with Gasteiger partial charge < -0.3 is 5.32 Å². The molecule has 4 heteroatoms. The van der Waals surface area contributed by atoms with Crippen LogP contribution in [0.1, 0.15) is 24.2 Å². The molecule has 1 atom stereocenters. The second kappa shape index (κ2) is 6.15. The number of hydrogen-bond acceptors (Lipinski definition) is 2. The Morgan fingerprint density at radius 3 is 2.79 bits per heavy atom. The van der Waals surface area contributed by atoms with Crippen molar-refractivity contribution in [1.29, 1.82) is 0 Å². The van der Waals surface area contributed by atoms with Crippen LogP contribution in [0, 0.1) is 5.92 Å². The molecule has 0 spiro atoms. The Morgan fingerprint density at radius 2 is 2.05 bits per heavy atom. The summed E-state index contributed by atoms with van der Waals surface area (Å²) in [4.78, 5) is 16.8. The van der Waals surface area contributed by atoms with Crippen LogP contribution in [0.5, 0.6) is 0 Å². The van der Waals surface area contributed by atoms with Gasteiger partial charge in [0.1, 0.15) is 0 Å². The number of carbonyl (C=O) groups excluding carboxylic acids is 1. The Labute approximate surface area is 121 Å². The molecule has 0 fully saturated rings. The van der Waals surface area contributed by atoms with Crippen molar-refractivity contribution >= 4 is 32.7 Å². The number of aromatic nitrogens is 1. The molecule has 0 aliphatic heterocycles. The summed E-state index contributed by atoms with van der Waals surface area (Å²) in [5.41, 5.74) is 1.37. The summed E-state index contributed by atoms with van der Waals surface area (Å²) in [7, 11) is 0. The summed E-state index contributed by atoms with van der Waals surface area (Å²) < 4.78 is 0. The maximum Gasteiger partial charge on any atom is 0.253 e. The Kier molecular flexibility index (Phi) is 4.53. The molecule has 1 aromatic carbocycles. The van der Waals surface area contributed by atoms with Crippen LogP contribution < -0.4 is 5.32 Å². The first-order chi connectivity index (χ1) is 9.09. The molecule has 1 heterocycles. The highest BCUT2D eigenvalue weighted by atomic mass is 79.9. The van der Waals surface area contributed by atoms with Gasteiger partial charge in [0.25, 0.3) is 5.91 Å². The number of nitrogens with zero attached hydrogens (tertiary/aromatic N) is 1. The highest BCUT2D eigenvalue weighted by Gasteiger charge is 2.14. The predicted molar refractivity (Wildman–Crippen MR) is 81.6 cm³/mol. The van der Waals surface area contributed by atoms with Gasteiger partial charge >= 0.3 is 0 Å². The van der Waals surface area contributed by atoms with Crippen LogP contribution in [0.15, 0.2) is 36.5 Å². The molecule has 1 N–H and O–H groups in total. The average Bonchev–Trinajstić information content (AvgIpc) is 2.43. The topological polar surface area (TPSA) is 42.0 Å². The minimum atomic E-state index is -0.0746. The molecule has 0 radical (unpaired) electrons. The Bertz CT molecular complexity index is 578. The monoisotopic (exact) mass is 320 g/mol. The normalized spacial score (nSPS) is 12.6. The van der Waals surface area contributed by atoms with Crippen molar-refractivity contribution in [3.05, 3.63) is 42.1 Å². The first-order valence-electron chi connectivity index (χ1n) is 6.35. The number of para-hydroxylation sites is 1. The molecule has 2 aromatic rings. The van der Waals surface area contributed by atoms with Crippen LogP contribution in [0.4, 0.5) is 0 Å². The number of hydrogen-bond donors (Lipinski definition) is 1. The molecule has 1 unspecified atom stereocenters. The van der Waals surface area contributed by atoms with E-state index in [2.05, 4.69) is 40.1 Å². The van der Waals surface area contributed by atoms with Crippen molar-refractivity contribution in [3.8, 4) is 0 Å². The van der Waals surface area contributed by atoms with Gasteiger partial charge in [-0.2, -0.15) is 0 Å². The van der Waals surface area contributed by atoms with Gasteiger partial charge in [0, 0.05) is 23.0 Å². The standard InChI is InChI=1S/C15H17BrN2O/c1-10(2)13(16)9-18-15(19)12-7-3-5-11-6-4-8-17-14(11)12/h3-8,10,13H,9H2,1-2H3,(H,18,19). The highest BCUT2D eigenvalue weighted by molar-refractivity contribution is 9.09. The van der Waals surface area contributed by atoms with Crippen molar-refractivity contribution in [3.63, 3.8) is 0 Å². The zero-order chi connectivity index (χ0) is 13.8. The SMILES string of the molecule is CC(C)C(Br)CNC(=O)c1cccc2cccnc12. The number of halogens is 1. The largest absolute Gasteiger partial charge is 0.351 e. The lowest BCUT2D eigenvalue weighted by atomic mass is 10.1. The molecule has 1 aromatic heterocycles. The molecular formula is C15H17BrN2O. The van der Waals surface area contributed by atoms with E-state index in [9.17, 15) is 4.79 Å². The van der Waals surface area contributed by atoms with Crippen LogP contribution in [-0.4, -0.2) is 22.3 Å². The van der Waals surface area contributed by atoms with Crippen molar-refractivity contribution in [1.82, 2.24) is 10.3 Å². The number of rotatable bonds is 4. The lowest BCUT2D eigenvalue weighted by Crippen LogP contribution is -2.31. The molecule has 1 amide bonds. The molecule has 0 bridgehead atoms. The molecule has 19 heavy (non-hydrogen) atoms. The summed E-state index contributed by atoms with van der Waals surface area (Å²) in [5.74, 6) is 0.403. The van der Waals surface area contributed by atoms with Crippen molar-refractivity contribution in [2.24, 2.45) is 5.92 Å². The number of alkyl halides is 1. The fraction of sp³-hybridized carbons (Fsp3) is 0.333. The van der Waals surface area contributed by atoms with Crippen molar-refractivity contribution in [2.75, 3.05) is 6.54 Å². The summed E-state index contributed by atoms with van der Waals surface area (Å²) in [6.45, 7) is 4.84. The van der Waals surface area contributed by atoms with E-state index in [1.807, 2.05) is 30.3 Å². The van der Waals surface area contributed by atoms with E-state index in [4.69, 9.17) is 0 Å². The van der Waals surface area contributed by atoms with E-state index in [0.717, 1.165) is 10.9 Å². The van der Waals surface area contributed by atoms with E-state index in [0.29, 0.717) is 18.0 Å². The van der Waals surface area contributed by atoms with Gasteiger partial charge in [0.15, 0.2) is 0 Å². The predicted octanol–water partition coefficient (Wildman–Crippen LogP) is 3.38. The van der Waals surface area contributed by atoms with E-state index < -0.39 is 0 Å². The Balaban J connectivity index is 2.18. The second-order valence-electron chi connectivity index (χ2n) is 4.85. The third-order valence-electron chi connectivity index (χ3n) is 3.06. The van der Waals surface area contributed by atoms with E-state index >= 15 is 0 Å². The lowest BCUT2D eigenvalue weighted by molar-refractivity contribution is 0.0954. The first kappa shape index (κ1) is 14.0. The minimum absolute atomic E-state index is 0.0746. The third kappa shape index (κ3) is 3.32. The number of pyridine rings is 1. The molecule has 0 aliphatic carbocycles. The van der Waals surface area contributed by atoms with E-state index in [1.165, 1.54) is 0 Å². The van der Waals surface area contributed by atoms with Crippen LogP contribution >= 0.6 is 15.9 Å². The maximum atomic E-state index is 12.2. The summed E-state index contributed by atoms with van der Waals surface area (Å²) >= 11 is 3.56. The molecule has 0 saturated carbocycles. The maximum absolute atomic E-state index is 12.2. The van der Waals surface area contributed by atoms with E-state index in [-0.39, 0.29) is 10.7 Å². The third-order valence-corrected chi connectivity index (χ3v) is 4.44. The van der Waals surface area contributed by atoms with Crippen LogP contribution in [0.2, 0.25) is 0 Å². The van der Waals surface area contributed by atoms with Gasteiger partial charge in [0.2, 0.25) is 0 Å². The fourth-order valence-corrected chi connectivity index (χ4v) is 1.97. The van der Waals surface area contributed by atoms with Crippen LogP contribution in [0.3, 0.4) is 0 Å². The van der Waals surface area contributed by atoms with Gasteiger partial charge in [-0.1, -0.05) is 48.0 Å². The molecule has 2 rings (SSSR count). The van der Waals surface area contributed by atoms with Crippen molar-refractivity contribution < 1.29 is 4.79 Å². The van der Waals surface area contributed by atoms with Gasteiger partial charge in [-0.15, -0.1) is 0 Å². The molecule has 3 nitrogen and oxygen atoms in total. The smallest absolute Gasteiger partial charge is 0.253 e. The zero-order valence-electron chi connectivity index (χ0n) is 11.1. The second-order valence-corrected chi connectivity index (χ2v) is 6.03. The number of nitrogens with one attached hydrogen (secondary N) is 1. The number of fused-ring (bicyclic) bond motifs is 1. The van der Waals surface area contributed by atoms with Gasteiger partial charge in [-0.25, -0.2) is 0 Å². The van der Waals surface area contributed by atoms with Crippen molar-refractivity contribution in [2.45, 2.75) is 18.7 Å². The molecule has 100 valence electrons. The van der Waals surface area contributed by atoms with Gasteiger partial charge in [-0.3, -0.25) is 9.78 Å². The highest BCUT2D eigenvalue weighted by Crippen LogP contribution is 2.16.